The van der Waals surface area contributed by atoms with Crippen LogP contribution in [0.2, 0.25) is 0 Å². The molecule has 2 N–H and O–H groups in total. The molecule has 0 aromatic heterocycles. The molecule has 0 saturated carbocycles. The van der Waals surface area contributed by atoms with Crippen LogP contribution < -0.4 is 15.2 Å². The van der Waals surface area contributed by atoms with E-state index in [0.717, 1.165) is 17.1 Å². The zero-order valence-electron chi connectivity index (χ0n) is 12.9. The van der Waals surface area contributed by atoms with Crippen LogP contribution in [0, 0.1) is 13.8 Å². The first-order chi connectivity index (χ1) is 10.1. The van der Waals surface area contributed by atoms with Crippen LogP contribution >= 0.6 is 0 Å². The molecule has 0 fully saturated rings. The molecule has 0 bridgehead atoms. The van der Waals surface area contributed by atoms with Gasteiger partial charge >= 0.3 is 0 Å². The highest BCUT2D eigenvalue weighted by atomic mass is 16.5. The van der Waals surface area contributed by atoms with Gasteiger partial charge in [-0.15, -0.1) is 0 Å². The van der Waals surface area contributed by atoms with Gasteiger partial charge in [-0.05, 0) is 61.7 Å². The molecule has 1 atom stereocenters. The monoisotopic (exact) mass is 285 g/mol. The van der Waals surface area contributed by atoms with Crippen LogP contribution in [0.1, 0.15) is 29.7 Å². The van der Waals surface area contributed by atoms with Crippen molar-refractivity contribution in [3.63, 3.8) is 0 Å². The van der Waals surface area contributed by atoms with Gasteiger partial charge in [0.15, 0.2) is 0 Å². The standard InChI is InChI=1S/C18H23NO2/c1-4-20-16-7-5-15(6-8-16)18(19)12-21-17-10-13(2)9-14(3)11-17/h5-11,18H,4,12,19H2,1-3H3. The van der Waals surface area contributed by atoms with Crippen molar-refractivity contribution in [3.8, 4) is 11.5 Å². The number of rotatable bonds is 6. The third-order valence-corrected chi connectivity index (χ3v) is 3.24. The van der Waals surface area contributed by atoms with E-state index < -0.39 is 0 Å². The predicted octanol–water partition coefficient (Wildman–Crippen LogP) is 3.78. The van der Waals surface area contributed by atoms with E-state index in [0.29, 0.717) is 13.2 Å². The Balaban J connectivity index is 1.96. The van der Waals surface area contributed by atoms with Gasteiger partial charge in [-0.1, -0.05) is 18.2 Å². The molecule has 0 amide bonds. The quantitative estimate of drug-likeness (QED) is 0.878. The van der Waals surface area contributed by atoms with Gasteiger partial charge in [0.25, 0.3) is 0 Å². The second kappa shape index (κ2) is 7.14. The minimum atomic E-state index is -0.151. The summed E-state index contributed by atoms with van der Waals surface area (Å²) in [7, 11) is 0. The number of aryl methyl sites for hydroxylation is 2. The Morgan fingerprint density at radius 3 is 2.10 bits per heavy atom. The summed E-state index contributed by atoms with van der Waals surface area (Å²) in [4.78, 5) is 0. The van der Waals surface area contributed by atoms with Crippen molar-refractivity contribution in [2.75, 3.05) is 13.2 Å². The molecule has 112 valence electrons. The average molecular weight is 285 g/mol. The van der Waals surface area contributed by atoms with E-state index in [1.54, 1.807) is 0 Å². The van der Waals surface area contributed by atoms with Gasteiger partial charge in [0.05, 0.1) is 12.6 Å². The Hall–Kier alpha value is -2.00. The van der Waals surface area contributed by atoms with Gasteiger partial charge in [0, 0.05) is 0 Å². The Kier molecular flexibility index (Phi) is 5.23. The predicted molar refractivity (Wildman–Crippen MR) is 86.0 cm³/mol. The molecule has 3 heteroatoms. The van der Waals surface area contributed by atoms with Gasteiger partial charge < -0.3 is 15.2 Å². The van der Waals surface area contributed by atoms with E-state index in [-0.39, 0.29) is 6.04 Å². The number of hydrogen-bond donors (Lipinski definition) is 1. The van der Waals surface area contributed by atoms with Crippen molar-refractivity contribution in [2.45, 2.75) is 26.8 Å². The number of benzene rings is 2. The molecule has 0 spiro atoms. The van der Waals surface area contributed by atoms with E-state index in [1.165, 1.54) is 11.1 Å². The summed E-state index contributed by atoms with van der Waals surface area (Å²) in [5, 5.41) is 0. The lowest BCUT2D eigenvalue weighted by Gasteiger charge is -2.15. The first kappa shape index (κ1) is 15.4. The summed E-state index contributed by atoms with van der Waals surface area (Å²) < 4.78 is 11.2. The number of ether oxygens (including phenoxy) is 2. The number of nitrogens with two attached hydrogens (primary N) is 1. The fourth-order valence-corrected chi connectivity index (χ4v) is 2.28. The van der Waals surface area contributed by atoms with Gasteiger partial charge in [-0.3, -0.25) is 0 Å². The lowest BCUT2D eigenvalue weighted by Crippen LogP contribution is -2.19. The number of hydrogen-bond acceptors (Lipinski definition) is 3. The highest BCUT2D eigenvalue weighted by Gasteiger charge is 2.07. The second-order valence-electron chi connectivity index (χ2n) is 5.24. The third kappa shape index (κ3) is 4.50. The smallest absolute Gasteiger partial charge is 0.119 e. The van der Waals surface area contributed by atoms with Crippen LogP contribution in [0.25, 0.3) is 0 Å². The Morgan fingerprint density at radius 2 is 1.52 bits per heavy atom. The summed E-state index contributed by atoms with van der Waals surface area (Å²) in [6.45, 7) is 7.22. The van der Waals surface area contributed by atoms with E-state index in [2.05, 4.69) is 19.9 Å². The van der Waals surface area contributed by atoms with E-state index in [4.69, 9.17) is 15.2 Å². The third-order valence-electron chi connectivity index (χ3n) is 3.24. The fraction of sp³-hybridized carbons (Fsp3) is 0.333. The molecule has 0 aliphatic carbocycles. The molecule has 2 aromatic rings. The normalized spacial score (nSPS) is 12.0. The topological polar surface area (TPSA) is 44.5 Å². The first-order valence-electron chi connectivity index (χ1n) is 7.28. The average Bonchev–Trinajstić information content (AvgIpc) is 2.45. The molecular formula is C18H23NO2. The highest BCUT2D eigenvalue weighted by Crippen LogP contribution is 2.20. The molecule has 2 rings (SSSR count). The summed E-state index contributed by atoms with van der Waals surface area (Å²) in [5.74, 6) is 1.73. The van der Waals surface area contributed by atoms with Gasteiger partial charge in [-0.25, -0.2) is 0 Å². The van der Waals surface area contributed by atoms with Crippen molar-refractivity contribution < 1.29 is 9.47 Å². The molecule has 21 heavy (non-hydrogen) atoms. The van der Waals surface area contributed by atoms with Crippen LogP contribution in [0.4, 0.5) is 0 Å². The van der Waals surface area contributed by atoms with E-state index in [9.17, 15) is 0 Å². The summed E-state index contributed by atoms with van der Waals surface area (Å²) in [6, 6.07) is 13.9. The molecule has 3 nitrogen and oxygen atoms in total. The Morgan fingerprint density at radius 1 is 0.905 bits per heavy atom. The van der Waals surface area contributed by atoms with Crippen molar-refractivity contribution >= 4 is 0 Å². The molecular weight excluding hydrogens is 262 g/mol. The second-order valence-corrected chi connectivity index (χ2v) is 5.24. The van der Waals surface area contributed by atoms with E-state index in [1.807, 2.05) is 43.3 Å². The van der Waals surface area contributed by atoms with Crippen LogP contribution in [0.3, 0.4) is 0 Å². The largest absolute Gasteiger partial charge is 0.494 e. The zero-order chi connectivity index (χ0) is 15.2. The zero-order valence-corrected chi connectivity index (χ0v) is 12.9. The van der Waals surface area contributed by atoms with Crippen molar-refractivity contribution in [2.24, 2.45) is 5.73 Å². The van der Waals surface area contributed by atoms with Gasteiger partial charge in [0.2, 0.25) is 0 Å². The highest BCUT2D eigenvalue weighted by molar-refractivity contribution is 5.33. The summed E-state index contributed by atoms with van der Waals surface area (Å²) in [5.41, 5.74) is 9.61. The molecule has 0 radical (unpaired) electrons. The van der Waals surface area contributed by atoms with Crippen molar-refractivity contribution in [3.05, 3.63) is 59.2 Å². The fourth-order valence-electron chi connectivity index (χ4n) is 2.28. The van der Waals surface area contributed by atoms with E-state index >= 15 is 0 Å². The summed E-state index contributed by atoms with van der Waals surface area (Å²) >= 11 is 0. The van der Waals surface area contributed by atoms with Crippen molar-refractivity contribution in [1.82, 2.24) is 0 Å². The maximum Gasteiger partial charge on any atom is 0.119 e. The van der Waals surface area contributed by atoms with Gasteiger partial charge in [-0.2, -0.15) is 0 Å². The Labute approximate surface area is 126 Å². The minimum Gasteiger partial charge on any atom is -0.494 e. The maximum absolute atomic E-state index is 6.18. The van der Waals surface area contributed by atoms with Crippen LogP contribution in [0.5, 0.6) is 11.5 Å². The van der Waals surface area contributed by atoms with Crippen molar-refractivity contribution in [1.29, 1.82) is 0 Å². The van der Waals surface area contributed by atoms with Crippen LogP contribution in [-0.4, -0.2) is 13.2 Å². The first-order valence-corrected chi connectivity index (χ1v) is 7.28. The molecule has 0 heterocycles. The Bertz CT molecular complexity index is 558. The maximum atomic E-state index is 6.18. The molecule has 1 unspecified atom stereocenters. The lowest BCUT2D eigenvalue weighted by molar-refractivity contribution is 0.290. The minimum absolute atomic E-state index is 0.151. The molecule has 0 aliphatic rings. The lowest BCUT2D eigenvalue weighted by atomic mass is 10.1. The summed E-state index contributed by atoms with van der Waals surface area (Å²) in [6.07, 6.45) is 0. The molecule has 0 aliphatic heterocycles. The van der Waals surface area contributed by atoms with Crippen LogP contribution in [0.15, 0.2) is 42.5 Å². The van der Waals surface area contributed by atoms with Crippen LogP contribution in [-0.2, 0) is 0 Å². The SMILES string of the molecule is CCOc1ccc(C(N)COc2cc(C)cc(C)c2)cc1. The molecule has 2 aromatic carbocycles. The molecule has 0 saturated heterocycles. The van der Waals surface area contributed by atoms with Gasteiger partial charge in [0.1, 0.15) is 18.1 Å².